The van der Waals surface area contributed by atoms with E-state index >= 15 is 0 Å². The van der Waals surface area contributed by atoms with Crippen molar-refractivity contribution < 1.29 is 19.2 Å². The van der Waals surface area contributed by atoms with Crippen LogP contribution in [0.5, 0.6) is 0 Å². The third kappa shape index (κ3) is 9.39. The SMILES string of the molecule is CC(C)NC(=O)CCCC(=O)N1CCC(=NOCC(=O)NC(C)C)CC1. The van der Waals surface area contributed by atoms with Gasteiger partial charge in [-0.2, -0.15) is 0 Å². The van der Waals surface area contributed by atoms with Crippen molar-refractivity contribution in [1.29, 1.82) is 0 Å². The summed E-state index contributed by atoms with van der Waals surface area (Å²) >= 11 is 0. The smallest absolute Gasteiger partial charge is 0.260 e. The van der Waals surface area contributed by atoms with Gasteiger partial charge in [-0.1, -0.05) is 5.16 Å². The molecule has 0 aromatic heterocycles. The van der Waals surface area contributed by atoms with E-state index in [1.807, 2.05) is 27.7 Å². The predicted molar refractivity (Wildman–Crippen MR) is 99.6 cm³/mol. The van der Waals surface area contributed by atoms with Gasteiger partial charge in [-0.15, -0.1) is 0 Å². The van der Waals surface area contributed by atoms with Gasteiger partial charge in [0.25, 0.3) is 5.91 Å². The normalized spacial score (nSPS) is 14.4. The zero-order valence-corrected chi connectivity index (χ0v) is 16.3. The zero-order valence-electron chi connectivity index (χ0n) is 16.3. The minimum Gasteiger partial charge on any atom is -0.386 e. The maximum absolute atomic E-state index is 12.2. The molecule has 1 fully saturated rings. The van der Waals surface area contributed by atoms with Crippen molar-refractivity contribution in [3.8, 4) is 0 Å². The van der Waals surface area contributed by atoms with E-state index in [4.69, 9.17) is 4.84 Å². The van der Waals surface area contributed by atoms with E-state index < -0.39 is 0 Å². The van der Waals surface area contributed by atoms with E-state index in [9.17, 15) is 14.4 Å². The number of amides is 3. The van der Waals surface area contributed by atoms with Crippen molar-refractivity contribution >= 4 is 23.4 Å². The number of piperidine rings is 1. The molecule has 1 aliphatic rings. The molecule has 3 amide bonds. The Hall–Kier alpha value is -2.12. The first kappa shape index (κ1) is 21.9. The molecule has 26 heavy (non-hydrogen) atoms. The second-order valence-corrected chi connectivity index (χ2v) is 7.11. The maximum atomic E-state index is 12.2. The Balaban J connectivity index is 2.22. The Morgan fingerprint density at radius 1 is 1.00 bits per heavy atom. The predicted octanol–water partition coefficient (Wildman–Crippen LogP) is 1.20. The Morgan fingerprint density at radius 3 is 2.15 bits per heavy atom. The highest BCUT2D eigenvalue weighted by molar-refractivity contribution is 5.87. The van der Waals surface area contributed by atoms with Crippen molar-refractivity contribution in [2.75, 3.05) is 19.7 Å². The number of nitrogens with zero attached hydrogens (tertiary/aromatic N) is 2. The summed E-state index contributed by atoms with van der Waals surface area (Å²) in [5, 5.41) is 9.55. The van der Waals surface area contributed by atoms with Gasteiger partial charge in [-0.25, -0.2) is 0 Å². The molecule has 148 valence electrons. The van der Waals surface area contributed by atoms with E-state index in [0.29, 0.717) is 45.2 Å². The molecule has 1 aliphatic heterocycles. The van der Waals surface area contributed by atoms with Crippen LogP contribution in [0.1, 0.15) is 59.8 Å². The molecule has 8 heteroatoms. The van der Waals surface area contributed by atoms with Crippen LogP contribution in [-0.2, 0) is 19.2 Å². The fourth-order valence-corrected chi connectivity index (χ4v) is 2.60. The van der Waals surface area contributed by atoms with Gasteiger partial charge in [0.2, 0.25) is 11.8 Å². The van der Waals surface area contributed by atoms with E-state index in [-0.39, 0.29) is 36.4 Å². The van der Waals surface area contributed by atoms with Crippen molar-refractivity contribution in [3.63, 3.8) is 0 Å². The van der Waals surface area contributed by atoms with Gasteiger partial charge in [0.15, 0.2) is 6.61 Å². The first-order valence-corrected chi connectivity index (χ1v) is 9.32. The highest BCUT2D eigenvalue weighted by Gasteiger charge is 2.20. The molecule has 0 atom stereocenters. The summed E-state index contributed by atoms with van der Waals surface area (Å²) in [6.07, 6.45) is 2.60. The van der Waals surface area contributed by atoms with Gasteiger partial charge in [0.05, 0.1) is 5.71 Å². The Kier molecular flexibility index (Phi) is 9.69. The lowest BCUT2D eigenvalue weighted by atomic mass is 10.1. The summed E-state index contributed by atoms with van der Waals surface area (Å²) in [5.74, 6) is -0.142. The molecule has 0 unspecified atom stereocenters. The lowest BCUT2D eigenvalue weighted by Crippen LogP contribution is -2.39. The molecule has 0 aromatic rings. The third-order valence-corrected chi connectivity index (χ3v) is 3.78. The first-order valence-electron chi connectivity index (χ1n) is 9.32. The highest BCUT2D eigenvalue weighted by atomic mass is 16.6. The van der Waals surface area contributed by atoms with Gasteiger partial charge < -0.3 is 20.4 Å². The lowest BCUT2D eigenvalue weighted by Gasteiger charge is -2.27. The van der Waals surface area contributed by atoms with Crippen LogP contribution in [-0.4, -0.2) is 60.1 Å². The average molecular weight is 368 g/mol. The Morgan fingerprint density at radius 2 is 1.58 bits per heavy atom. The van der Waals surface area contributed by atoms with Crippen molar-refractivity contribution in [1.82, 2.24) is 15.5 Å². The van der Waals surface area contributed by atoms with E-state index in [2.05, 4.69) is 15.8 Å². The molecular formula is C18H32N4O4. The van der Waals surface area contributed by atoms with Crippen LogP contribution in [0.3, 0.4) is 0 Å². The monoisotopic (exact) mass is 368 g/mol. The van der Waals surface area contributed by atoms with E-state index in [1.165, 1.54) is 0 Å². The van der Waals surface area contributed by atoms with E-state index in [0.717, 1.165) is 5.71 Å². The number of nitrogens with one attached hydrogen (secondary N) is 2. The number of hydrogen-bond donors (Lipinski definition) is 2. The number of hydrogen-bond acceptors (Lipinski definition) is 5. The largest absolute Gasteiger partial charge is 0.386 e. The maximum Gasteiger partial charge on any atom is 0.260 e. The minimum absolute atomic E-state index is 0.0143. The summed E-state index contributed by atoms with van der Waals surface area (Å²) in [4.78, 5) is 42.1. The molecule has 0 spiro atoms. The van der Waals surface area contributed by atoms with Crippen LogP contribution in [0, 0.1) is 0 Å². The number of carbonyl (C=O) groups is 3. The fraction of sp³-hybridized carbons (Fsp3) is 0.778. The summed E-state index contributed by atoms with van der Waals surface area (Å²) in [7, 11) is 0. The second kappa shape index (κ2) is 11.5. The quantitative estimate of drug-likeness (QED) is 0.597. The number of rotatable bonds is 9. The molecule has 1 saturated heterocycles. The van der Waals surface area contributed by atoms with Crippen LogP contribution in [0.4, 0.5) is 0 Å². The van der Waals surface area contributed by atoms with Gasteiger partial charge in [-0.3, -0.25) is 14.4 Å². The van der Waals surface area contributed by atoms with Crippen LogP contribution < -0.4 is 10.6 Å². The van der Waals surface area contributed by atoms with Crippen LogP contribution in [0.15, 0.2) is 5.16 Å². The molecule has 0 aromatic carbocycles. The summed E-state index contributed by atoms with van der Waals surface area (Å²) < 4.78 is 0. The minimum atomic E-state index is -0.196. The highest BCUT2D eigenvalue weighted by Crippen LogP contribution is 2.11. The topological polar surface area (TPSA) is 100 Å². The van der Waals surface area contributed by atoms with Gasteiger partial charge >= 0.3 is 0 Å². The summed E-state index contributed by atoms with van der Waals surface area (Å²) in [6.45, 7) is 8.69. The molecule has 1 heterocycles. The lowest BCUT2D eigenvalue weighted by molar-refractivity contribution is -0.131. The Bertz CT molecular complexity index is 507. The van der Waals surface area contributed by atoms with Crippen LogP contribution in [0.25, 0.3) is 0 Å². The van der Waals surface area contributed by atoms with Crippen LogP contribution in [0.2, 0.25) is 0 Å². The summed E-state index contributed by atoms with van der Waals surface area (Å²) in [6, 6.07) is 0.195. The van der Waals surface area contributed by atoms with Gasteiger partial charge in [0, 0.05) is 50.9 Å². The molecular weight excluding hydrogens is 336 g/mol. The molecule has 0 saturated carbocycles. The average Bonchev–Trinajstić information content (AvgIpc) is 2.54. The van der Waals surface area contributed by atoms with Crippen LogP contribution >= 0.6 is 0 Å². The molecule has 8 nitrogen and oxygen atoms in total. The van der Waals surface area contributed by atoms with Crippen molar-refractivity contribution in [3.05, 3.63) is 0 Å². The number of oxime groups is 1. The van der Waals surface area contributed by atoms with Gasteiger partial charge in [-0.05, 0) is 34.1 Å². The Labute approximate surface area is 155 Å². The standard InChI is InChI=1S/C18H32N4O4/c1-13(2)19-16(23)6-5-7-18(25)22-10-8-15(9-11-22)21-26-12-17(24)20-14(3)4/h13-14H,5-12H2,1-4H3,(H,19,23)(H,20,24). The fourth-order valence-electron chi connectivity index (χ4n) is 2.60. The second-order valence-electron chi connectivity index (χ2n) is 7.11. The van der Waals surface area contributed by atoms with E-state index in [1.54, 1.807) is 4.90 Å². The van der Waals surface area contributed by atoms with Gasteiger partial charge in [0.1, 0.15) is 0 Å². The molecule has 0 bridgehead atoms. The van der Waals surface area contributed by atoms with Crippen molar-refractivity contribution in [2.45, 2.75) is 71.9 Å². The molecule has 0 radical (unpaired) electrons. The molecule has 0 aliphatic carbocycles. The zero-order chi connectivity index (χ0) is 19.5. The number of carbonyl (C=O) groups excluding carboxylic acids is 3. The van der Waals surface area contributed by atoms with Crippen molar-refractivity contribution in [2.24, 2.45) is 5.16 Å². The number of likely N-dealkylation sites (tertiary alicyclic amines) is 1. The molecule has 1 rings (SSSR count). The summed E-state index contributed by atoms with van der Waals surface area (Å²) in [5.41, 5.74) is 0.864. The molecule has 2 N–H and O–H groups in total. The third-order valence-electron chi connectivity index (χ3n) is 3.78. The first-order chi connectivity index (χ1) is 12.3.